The van der Waals surface area contributed by atoms with Gasteiger partial charge < -0.3 is 4.42 Å². The van der Waals surface area contributed by atoms with Crippen molar-refractivity contribution in [2.45, 2.75) is 6.04 Å². The Morgan fingerprint density at radius 3 is 2.93 bits per heavy atom. The molecule has 14 heavy (non-hydrogen) atoms. The molecule has 0 bridgehead atoms. The Labute approximate surface area is 99.4 Å². The standard InChI is InChI=1S/C9H9IN2OS/c10-8-4-6(5-14-8)9(12-11)7-2-1-3-13-7/h1-5,9,12H,11H2. The summed E-state index contributed by atoms with van der Waals surface area (Å²) in [6.07, 6.45) is 1.65. The minimum absolute atomic E-state index is 0.0511. The van der Waals surface area contributed by atoms with E-state index in [0.717, 1.165) is 11.3 Å². The number of thiophene rings is 1. The van der Waals surface area contributed by atoms with Gasteiger partial charge in [0.15, 0.2) is 0 Å². The van der Waals surface area contributed by atoms with Crippen molar-refractivity contribution >= 4 is 33.9 Å². The monoisotopic (exact) mass is 320 g/mol. The molecule has 0 aliphatic rings. The van der Waals surface area contributed by atoms with Crippen LogP contribution in [0.25, 0.3) is 0 Å². The van der Waals surface area contributed by atoms with Gasteiger partial charge in [-0.1, -0.05) is 0 Å². The summed E-state index contributed by atoms with van der Waals surface area (Å²) in [5.41, 5.74) is 3.88. The van der Waals surface area contributed by atoms with Gasteiger partial charge in [0.2, 0.25) is 0 Å². The molecule has 1 atom stereocenters. The Kier molecular flexibility index (Phi) is 3.22. The average Bonchev–Trinajstić information content (AvgIpc) is 2.79. The van der Waals surface area contributed by atoms with Gasteiger partial charge in [-0.25, -0.2) is 5.43 Å². The summed E-state index contributed by atoms with van der Waals surface area (Å²) in [5, 5.41) is 2.08. The summed E-state index contributed by atoms with van der Waals surface area (Å²) in [4.78, 5) is 0. The van der Waals surface area contributed by atoms with Crippen LogP contribution in [0.15, 0.2) is 34.3 Å². The van der Waals surface area contributed by atoms with Gasteiger partial charge in [0.1, 0.15) is 11.8 Å². The first-order valence-electron chi connectivity index (χ1n) is 4.04. The van der Waals surface area contributed by atoms with Crippen LogP contribution in [0.5, 0.6) is 0 Å². The van der Waals surface area contributed by atoms with E-state index in [2.05, 4.69) is 39.5 Å². The van der Waals surface area contributed by atoms with E-state index < -0.39 is 0 Å². The number of hydrazine groups is 1. The Morgan fingerprint density at radius 2 is 2.43 bits per heavy atom. The van der Waals surface area contributed by atoms with Crippen LogP contribution in [0.3, 0.4) is 0 Å². The smallest absolute Gasteiger partial charge is 0.126 e. The third-order valence-corrected chi connectivity index (χ3v) is 3.72. The van der Waals surface area contributed by atoms with Crippen LogP contribution < -0.4 is 11.3 Å². The molecule has 0 spiro atoms. The number of nitrogens with one attached hydrogen (secondary N) is 1. The quantitative estimate of drug-likeness (QED) is 0.519. The van der Waals surface area contributed by atoms with E-state index in [1.165, 1.54) is 2.88 Å². The maximum absolute atomic E-state index is 5.50. The van der Waals surface area contributed by atoms with Crippen molar-refractivity contribution < 1.29 is 4.42 Å². The third kappa shape index (κ3) is 2.00. The van der Waals surface area contributed by atoms with Gasteiger partial charge in [-0.2, -0.15) is 0 Å². The van der Waals surface area contributed by atoms with Crippen LogP contribution in [0, 0.1) is 2.88 Å². The molecule has 2 aromatic rings. The van der Waals surface area contributed by atoms with Crippen LogP contribution in [0.4, 0.5) is 0 Å². The van der Waals surface area contributed by atoms with Crippen molar-refractivity contribution in [2.24, 2.45) is 5.84 Å². The molecule has 3 N–H and O–H groups in total. The van der Waals surface area contributed by atoms with Crippen LogP contribution in [-0.4, -0.2) is 0 Å². The van der Waals surface area contributed by atoms with Gasteiger partial charge in [-0.15, -0.1) is 11.3 Å². The lowest BCUT2D eigenvalue weighted by molar-refractivity contribution is 0.452. The minimum atomic E-state index is -0.0511. The van der Waals surface area contributed by atoms with E-state index in [0.29, 0.717) is 0 Å². The second-order valence-corrected chi connectivity index (χ2v) is 5.60. The fourth-order valence-electron chi connectivity index (χ4n) is 1.27. The molecule has 0 saturated heterocycles. The normalized spacial score (nSPS) is 13.0. The van der Waals surface area contributed by atoms with Gasteiger partial charge in [0.25, 0.3) is 0 Å². The highest BCUT2D eigenvalue weighted by Crippen LogP contribution is 2.26. The van der Waals surface area contributed by atoms with Crippen LogP contribution in [-0.2, 0) is 0 Å². The fourth-order valence-corrected chi connectivity index (χ4v) is 2.67. The number of rotatable bonds is 3. The fraction of sp³-hybridized carbons (Fsp3) is 0.111. The topological polar surface area (TPSA) is 51.2 Å². The molecule has 0 radical (unpaired) electrons. The highest BCUT2D eigenvalue weighted by atomic mass is 127. The molecule has 1 unspecified atom stereocenters. The molecular formula is C9H9IN2OS. The van der Waals surface area contributed by atoms with E-state index in [1.807, 2.05) is 12.1 Å². The molecule has 0 saturated carbocycles. The lowest BCUT2D eigenvalue weighted by atomic mass is 10.1. The molecule has 2 rings (SSSR count). The Balaban J connectivity index is 2.31. The van der Waals surface area contributed by atoms with Crippen molar-refractivity contribution in [3.05, 3.63) is 44.0 Å². The minimum Gasteiger partial charge on any atom is -0.467 e. The van der Waals surface area contributed by atoms with E-state index >= 15 is 0 Å². The maximum Gasteiger partial charge on any atom is 0.126 e. The van der Waals surface area contributed by atoms with Crippen LogP contribution >= 0.6 is 33.9 Å². The lowest BCUT2D eigenvalue weighted by Crippen LogP contribution is -2.28. The Bertz CT molecular complexity index is 399. The highest BCUT2D eigenvalue weighted by molar-refractivity contribution is 14.1. The summed E-state index contributed by atoms with van der Waals surface area (Å²) in [5.74, 6) is 6.33. The van der Waals surface area contributed by atoms with Gasteiger partial charge in [0.05, 0.1) is 9.15 Å². The van der Waals surface area contributed by atoms with Crippen molar-refractivity contribution in [1.29, 1.82) is 0 Å². The predicted molar refractivity (Wildman–Crippen MR) is 64.9 cm³/mol. The average molecular weight is 320 g/mol. The molecule has 0 fully saturated rings. The molecule has 0 aliphatic carbocycles. The van der Waals surface area contributed by atoms with E-state index in [-0.39, 0.29) is 6.04 Å². The summed E-state index contributed by atoms with van der Waals surface area (Å²) < 4.78 is 6.55. The number of hydrogen-bond donors (Lipinski definition) is 2. The molecule has 5 heteroatoms. The van der Waals surface area contributed by atoms with Crippen molar-refractivity contribution in [2.75, 3.05) is 0 Å². The van der Waals surface area contributed by atoms with Crippen molar-refractivity contribution in [3.8, 4) is 0 Å². The van der Waals surface area contributed by atoms with Gasteiger partial charge >= 0.3 is 0 Å². The first-order valence-corrected chi connectivity index (χ1v) is 6.00. The molecule has 74 valence electrons. The third-order valence-electron chi connectivity index (χ3n) is 1.92. The molecule has 0 aromatic carbocycles. The summed E-state index contributed by atoms with van der Waals surface area (Å²) >= 11 is 3.98. The van der Waals surface area contributed by atoms with Crippen molar-refractivity contribution in [3.63, 3.8) is 0 Å². The second-order valence-electron chi connectivity index (χ2n) is 2.80. The molecule has 0 aliphatic heterocycles. The van der Waals surface area contributed by atoms with E-state index in [9.17, 15) is 0 Å². The SMILES string of the molecule is NNC(c1csc(I)c1)c1ccco1. The van der Waals surface area contributed by atoms with Crippen LogP contribution in [0.2, 0.25) is 0 Å². The summed E-state index contributed by atoms with van der Waals surface area (Å²) in [7, 11) is 0. The summed E-state index contributed by atoms with van der Waals surface area (Å²) in [6, 6.07) is 5.81. The Morgan fingerprint density at radius 1 is 1.57 bits per heavy atom. The zero-order chi connectivity index (χ0) is 9.97. The maximum atomic E-state index is 5.50. The largest absolute Gasteiger partial charge is 0.467 e. The van der Waals surface area contributed by atoms with Gasteiger partial charge in [-0.3, -0.25) is 5.84 Å². The van der Waals surface area contributed by atoms with E-state index in [4.69, 9.17) is 10.3 Å². The summed E-state index contributed by atoms with van der Waals surface area (Å²) in [6.45, 7) is 0. The molecule has 2 aromatic heterocycles. The number of nitrogens with two attached hydrogens (primary N) is 1. The van der Waals surface area contributed by atoms with Gasteiger partial charge in [-0.05, 0) is 51.7 Å². The predicted octanol–water partition coefficient (Wildman–Crippen LogP) is 2.50. The first kappa shape index (κ1) is 10.2. The zero-order valence-corrected chi connectivity index (χ0v) is 10.2. The first-order chi connectivity index (χ1) is 6.81. The number of halogens is 1. The van der Waals surface area contributed by atoms with E-state index in [1.54, 1.807) is 17.6 Å². The Hall–Kier alpha value is -0.370. The molecular weight excluding hydrogens is 311 g/mol. The van der Waals surface area contributed by atoms with Crippen LogP contribution in [0.1, 0.15) is 17.4 Å². The van der Waals surface area contributed by atoms with Gasteiger partial charge in [0, 0.05) is 0 Å². The second kappa shape index (κ2) is 4.43. The molecule has 2 heterocycles. The number of hydrogen-bond acceptors (Lipinski definition) is 4. The highest BCUT2D eigenvalue weighted by Gasteiger charge is 2.15. The molecule has 3 nitrogen and oxygen atoms in total. The zero-order valence-electron chi connectivity index (χ0n) is 7.24. The number of furan rings is 1. The molecule has 0 amide bonds. The lowest BCUT2D eigenvalue weighted by Gasteiger charge is -2.10. The van der Waals surface area contributed by atoms with Crippen molar-refractivity contribution in [1.82, 2.24) is 5.43 Å².